The van der Waals surface area contributed by atoms with E-state index >= 15 is 0 Å². The highest BCUT2D eigenvalue weighted by atomic mass is 19.4. The first-order chi connectivity index (χ1) is 21.6. The molecular formula is C32H32F3N5O5. The van der Waals surface area contributed by atoms with E-state index < -0.39 is 12.3 Å². The second kappa shape index (κ2) is 11.5. The van der Waals surface area contributed by atoms with Crippen LogP contribution in [0.25, 0.3) is 0 Å². The highest BCUT2D eigenvalue weighted by Gasteiger charge is 2.59. The van der Waals surface area contributed by atoms with Crippen LogP contribution in [0.15, 0.2) is 48.7 Å². The van der Waals surface area contributed by atoms with Gasteiger partial charge in [-0.3, -0.25) is 14.5 Å². The van der Waals surface area contributed by atoms with Crippen LogP contribution in [0.4, 0.5) is 19.0 Å². The van der Waals surface area contributed by atoms with Gasteiger partial charge in [-0.25, -0.2) is 4.98 Å². The number of fused-ring (bicyclic) bond motifs is 4. The molecule has 0 spiro atoms. The molecule has 3 aromatic rings. The number of halogens is 3. The SMILES string of the molecule is CCN1CCN(Cc2ccc(C(=O)N[C@@H]3[C@H]4Oc5ccc(Oc6ccnc7c6CCC(=O)N7)cc5[C@@H]34)cc2OC(F)(F)F)CC1. The highest BCUT2D eigenvalue weighted by molar-refractivity contribution is 5.95. The highest BCUT2D eigenvalue weighted by Crippen LogP contribution is 2.54. The summed E-state index contributed by atoms with van der Waals surface area (Å²) in [6.45, 7) is 6.49. The Labute approximate surface area is 257 Å². The molecule has 1 aliphatic carbocycles. The molecule has 45 heavy (non-hydrogen) atoms. The van der Waals surface area contributed by atoms with Crippen LogP contribution in [0, 0.1) is 0 Å². The van der Waals surface area contributed by atoms with E-state index in [2.05, 4.69) is 37.1 Å². The monoisotopic (exact) mass is 623 g/mol. The number of carbonyl (C=O) groups excluding carboxylic acids is 2. The minimum Gasteiger partial charge on any atom is -0.487 e. The third kappa shape index (κ3) is 6.14. The van der Waals surface area contributed by atoms with Crippen molar-refractivity contribution in [3.8, 4) is 23.0 Å². The summed E-state index contributed by atoms with van der Waals surface area (Å²) in [4.78, 5) is 33.6. The van der Waals surface area contributed by atoms with Crippen molar-refractivity contribution in [2.24, 2.45) is 0 Å². The van der Waals surface area contributed by atoms with E-state index in [1.807, 2.05) is 12.1 Å². The molecule has 13 heteroatoms. The first kappa shape index (κ1) is 29.4. The fourth-order valence-electron chi connectivity index (χ4n) is 6.34. The molecule has 2 amide bonds. The van der Waals surface area contributed by atoms with Crippen molar-refractivity contribution in [1.29, 1.82) is 0 Å². The number of nitrogens with zero attached hydrogens (tertiary/aromatic N) is 3. The van der Waals surface area contributed by atoms with Crippen molar-refractivity contribution in [1.82, 2.24) is 20.1 Å². The third-order valence-corrected chi connectivity index (χ3v) is 8.82. The minimum atomic E-state index is -4.89. The van der Waals surface area contributed by atoms with Crippen LogP contribution in [0.3, 0.4) is 0 Å². The second-order valence-electron chi connectivity index (χ2n) is 11.7. The lowest BCUT2D eigenvalue weighted by Crippen LogP contribution is -2.45. The summed E-state index contributed by atoms with van der Waals surface area (Å²) in [6, 6.07) is 11.1. The fourth-order valence-corrected chi connectivity index (χ4v) is 6.34. The van der Waals surface area contributed by atoms with Crippen LogP contribution in [0.5, 0.6) is 23.0 Å². The van der Waals surface area contributed by atoms with Gasteiger partial charge < -0.3 is 29.7 Å². The molecule has 0 radical (unpaired) electrons. The van der Waals surface area contributed by atoms with Crippen LogP contribution in [0.2, 0.25) is 0 Å². The molecule has 10 nitrogen and oxygen atoms in total. The summed E-state index contributed by atoms with van der Waals surface area (Å²) in [6.07, 6.45) is -2.73. The maximum atomic E-state index is 13.3. The summed E-state index contributed by atoms with van der Waals surface area (Å²) in [5.41, 5.74) is 2.14. The van der Waals surface area contributed by atoms with Gasteiger partial charge in [0.25, 0.3) is 5.91 Å². The number of aromatic nitrogens is 1. The predicted octanol–water partition coefficient (Wildman–Crippen LogP) is 4.45. The lowest BCUT2D eigenvalue weighted by Gasteiger charge is -2.34. The average molecular weight is 624 g/mol. The number of hydrogen-bond acceptors (Lipinski definition) is 8. The number of piperazine rings is 1. The molecule has 4 heterocycles. The van der Waals surface area contributed by atoms with Crippen molar-refractivity contribution in [2.75, 3.05) is 38.0 Å². The maximum Gasteiger partial charge on any atom is 0.573 e. The fraction of sp³-hybridized carbons (Fsp3) is 0.406. The van der Waals surface area contributed by atoms with Crippen LogP contribution in [-0.4, -0.2) is 77.8 Å². The van der Waals surface area contributed by atoms with Gasteiger partial charge in [0, 0.05) is 67.6 Å². The first-order valence-corrected chi connectivity index (χ1v) is 15.1. The number of alkyl halides is 3. The summed E-state index contributed by atoms with van der Waals surface area (Å²) in [5.74, 6) is 1.26. The minimum absolute atomic E-state index is 0.0747. The zero-order valence-electron chi connectivity index (χ0n) is 24.5. The summed E-state index contributed by atoms with van der Waals surface area (Å²) in [7, 11) is 0. The van der Waals surface area contributed by atoms with E-state index in [0.29, 0.717) is 48.0 Å². The van der Waals surface area contributed by atoms with Crippen molar-refractivity contribution >= 4 is 17.6 Å². The molecule has 2 aromatic carbocycles. The zero-order chi connectivity index (χ0) is 31.3. The van der Waals surface area contributed by atoms with Crippen molar-refractivity contribution < 1.29 is 37.0 Å². The Morgan fingerprint density at radius 1 is 1.07 bits per heavy atom. The Morgan fingerprint density at radius 2 is 1.87 bits per heavy atom. The Bertz CT molecular complexity index is 1640. The van der Waals surface area contributed by atoms with Crippen LogP contribution in [0.1, 0.15) is 46.3 Å². The number of nitrogens with one attached hydrogen (secondary N) is 2. The summed E-state index contributed by atoms with van der Waals surface area (Å²) >= 11 is 0. The number of ether oxygens (including phenoxy) is 3. The van der Waals surface area contributed by atoms with E-state index in [1.165, 1.54) is 12.1 Å². The normalized spacial score (nSPS) is 22.4. The van der Waals surface area contributed by atoms with E-state index in [9.17, 15) is 22.8 Å². The molecule has 3 aliphatic heterocycles. The molecule has 3 atom stereocenters. The molecule has 2 fully saturated rings. The van der Waals surface area contributed by atoms with Crippen molar-refractivity contribution in [3.05, 3.63) is 70.9 Å². The molecule has 2 N–H and O–H groups in total. The zero-order valence-corrected chi connectivity index (χ0v) is 24.5. The van der Waals surface area contributed by atoms with Gasteiger partial charge in [0.05, 0.1) is 12.0 Å². The molecule has 0 bridgehead atoms. The topological polar surface area (TPSA) is 105 Å². The van der Waals surface area contributed by atoms with E-state index in [0.717, 1.165) is 49.9 Å². The molecule has 1 saturated heterocycles. The second-order valence-corrected chi connectivity index (χ2v) is 11.7. The van der Waals surface area contributed by atoms with Crippen LogP contribution >= 0.6 is 0 Å². The van der Waals surface area contributed by atoms with Crippen LogP contribution < -0.4 is 24.8 Å². The maximum absolute atomic E-state index is 13.3. The molecule has 0 unspecified atom stereocenters. The summed E-state index contributed by atoms with van der Waals surface area (Å²) in [5, 5.41) is 5.68. The molecular weight excluding hydrogens is 591 g/mol. The smallest absolute Gasteiger partial charge is 0.487 e. The van der Waals surface area contributed by atoms with E-state index in [4.69, 9.17) is 9.47 Å². The first-order valence-electron chi connectivity index (χ1n) is 15.1. The third-order valence-electron chi connectivity index (χ3n) is 8.82. The Kier molecular flexibility index (Phi) is 7.52. The Hall–Kier alpha value is -4.36. The van der Waals surface area contributed by atoms with Gasteiger partial charge in [-0.15, -0.1) is 13.2 Å². The average Bonchev–Trinajstić information content (AvgIpc) is 3.53. The van der Waals surface area contributed by atoms with Gasteiger partial charge in [-0.2, -0.15) is 0 Å². The number of benzene rings is 2. The molecule has 1 saturated carbocycles. The number of rotatable bonds is 8. The molecule has 1 aromatic heterocycles. The van der Waals surface area contributed by atoms with Gasteiger partial charge in [0.2, 0.25) is 5.91 Å². The van der Waals surface area contributed by atoms with Crippen molar-refractivity contribution in [2.45, 2.75) is 50.7 Å². The van der Waals surface area contributed by atoms with Gasteiger partial charge >= 0.3 is 6.36 Å². The van der Waals surface area contributed by atoms with Gasteiger partial charge in [-0.05, 0) is 49.4 Å². The van der Waals surface area contributed by atoms with E-state index in [1.54, 1.807) is 18.3 Å². The quantitative estimate of drug-likeness (QED) is 0.380. The number of amides is 2. The number of carbonyl (C=O) groups is 2. The van der Waals surface area contributed by atoms with Gasteiger partial charge in [-0.1, -0.05) is 13.0 Å². The standard InChI is InChI=1S/C32H32F3N5O5/c1-2-39-11-13-40(14-12-39)17-19-4-3-18(15-25(19)45-32(33,34)35)31(42)38-28-27-22-16-20(5-7-23(22)44-29(27)28)43-24-9-10-36-30-21(24)6-8-26(41)37-30/h3-5,7,9-10,15-16,27-29H,2,6,8,11-14,17H2,1H3,(H,38,42)(H,36,37,41)/t27-,28-,29-/m0/s1. The van der Waals surface area contributed by atoms with Crippen LogP contribution in [-0.2, 0) is 17.8 Å². The molecule has 7 rings (SSSR count). The lowest BCUT2D eigenvalue weighted by molar-refractivity contribution is -0.275. The predicted molar refractivity (Wildman–Crippen MR) is 157 cm³/mol. The Balaban J connectivity index is 1.03. The number of hydrogen-bond donors (Lipinski definition) is 2. The molecule has 236 valence electrons. The Morgan fingerprint density at radius 3 is 2.64 bits per heavy atom. The summed E-state index contributed by atoms with van der Waals surface area (Å²) < 4.78 is 56.6. The largest absolute Gasteiger partial charge is 0.573 e. The van der Waals surface area contributed by atoms with Gasteiger partial charge in [0.15, 0.2) is 0 Å². The van der Waals surface area contributed by atoms with E-state index in [-0.39, 0.29) is 35.3 Å². The lowest BCUT2D eigenvalue weighted by atomic mass is 10.1. The number of anilines is 1. The van der Waals surface area contributed by atoms with Gasteiger partial charge in [0.1, 0.15) is 34.9 Å². The van der Waals surface area contributed by atoms with Crippen molar-refractivity contribution in [3.63, 3.8) is 0 Å². The number of likely N-dealkylation sites (N-methyl/N-ethyl adjacent to an activating group) is 1. The number of pyridine rings is 1. The molecule has 4 aliphatic rings.